The lowest BCUT2D eigenvalue weighted by Crippen LogP contribution is -2.09. The molecule has 0 amide bonds. The SMILES string of the molecule is CC(C)(Br)CCC(=O)Br. The largest absolute Gasteiger partial charge is 0.287 e. The Morgan fingerprint density at radius 2 is 2.00 bits per heavy atom. The lowest BCUT2D eigenvalue weighted by molar-refractivity contribution is -0.110. The van der Waals surface area contributed by atoms with Crippen molar-refractivity contribution in [2.75, 3.05) is 0 Å². The molecule has 0 aliphatic carbocycles. The molecule has 0 fully saturated rings. The quantitative estimate of drug-likeness (QED) is 0.561. The molecule has 0 heterocycles. The molecule has 0 rings (SSSR count). The molecule has 3 heteroatoms. The molecule has 54 valence electrons. The minimum Gasteiger partial charge on any atom is -0.287 e. The third-order valence-corrected chi connectivity index (χ3v) is 1.71. The van der Waals surface area contributed by atoms with E-state index in [0.717, 1.165) is 6.42 Å². The van der Waals surface area contributed by atoms with Crippen LogP contribution >= 0.6 is 31.9 Å². The van der Waals surface area contributed by atoms with E-state index in [1.165, 1.54) is 0 Å². The second-order valence-corrected chi connectivity index (χ2v) is 5.61. The summed E-state index contributed by atoms with van der Waals surface area (Å²) in [5.41, 5.74) is 0. The predicted molar refractivity (Wildman–Crippen MR) is 46.2 cm³/mol. The summed E-state index contributed by atoms with van der Waals surface area (Å²) in [6, 6.07) is 0. The summed E-state index contributed by atoms with van der Waals surface area (Å²) in [4.78, 5) is 10.4. The van der Waals surface area contributed by atoms with Crippen LogP contribution in [-0.4, -0.2) is 9.02 Å². The average Bonchev–Trinajstić information content (AvgIpc) is 1.59. The van der Waals surface area contributed by atoms with Crippen molar-refractivity contribution >= 4 is 36.6 Å². The minimum atomic E-state index is 0.0787. The Hall–Kier alpha value is 0.630. The normalized spacial score (nSPS) is 11.6. The molecule has 0 aromatic rings. The predicted octanol–water partition coefficient (Wildman–Crippen LogP) is 2.86. The van der Waals surface area contributed by atoms with Gasteiger partial charge in [0.15, 0.2) is 4.69 Å². The highest BCUT2D eigenvalue weighted by molar-refractivity contribution is 9.18. The number of alkyl halides is 1. The van der Waals surface area contributed by atoms with Gasteiger partial charge in [-0.1, -0.05) is 29.8 Å². The van der Waals surface area contributed by atoms with Gasteiger partial charge in [0, 0.05) is 10.7 Å². The van der Waals surface area contributed by atoms with Gasteiger partial charge in [-0.05, 0) is 22.4 Å². The molecule has 1 nitrogen and oxygen atoms in total. The first-order chi connectivity index (χ1) is 3.92. The summed E-state index contributed by atoms with van der Waals surface area (Å²) in [5.74, 6) is 0. The average molecular weight is 258 g/mol. The van der Waals surface area contributed by atoms with Crippen LogP contribution in [0.5, 0.6) is 0 Å². The van der Waals surface area contributed by atoms with Gasteiger partial charge in [0.05, 0.1) is 0 Å². The lowest BCUT2D eigenvalue weighted by atomic mass is 10.1. The Kier molecular flexibility index (Phi) is 3.97. The molecule has 0 aromatic carbocycles. The maximum absolute atomic E-state index is 10.4. The van der Waals surface area contributed by atoms with E-state index in [-0.39, 0.29) is 9.02 Å². The molecule has 0 atom stereocenters. The summed E-state index contributed by atoms with van der Waals surface area (Å²) < 4.78 is 0.172. The number of carbonyl (C=O) groups excluding carboxylic acids is 1. The molecule has 0 spiro atoms. The fourth-order valence-corrected chi connectivity index (χ4v) is 0.792. The number of hydrogen-bond donors (Lipinski definition) is 0. The van der Waals surface area contributed by atoms with Crippen molar-refractivity contribution in [3.63, 3.8) is 0 Å². The molecular weight excluding hydrogens is 248 g/mol. The third kappa shape index (κ3) is 8.63. The Morgan fingerprint density at radius 1 is 1.56 bits per heavy atom. The number of hydrogen-bond acceptors (Lipinski definition) is 1. The van der Waals surface area contributed by atoms with E-state index in [0.29, 0.717) is 6.42 Å². The number of halogens is 2. The second-order valence-electron chi connectivity index (χ2n) is 2.57. The Labute approximate surface area is 72.5 Å². The Bertz CT molecular complexity index is 104. The van der Waals surface area contributed by atoms with Gasteiger partial charge in [0.25, 0.3) is 0 Å². The van der Waals surface area contributed by atoms with Crippen LogP contribution in [0.4, 0.5) is 0 Å². The molecule has 0 aliphatic heterocycles. The summed E-state index contributed by atoms with van der Waals surface area (Å²) in [7, 11) is 0. The molecule has 0 saturated heterocycles. The van der Waals surface area contributed by atoms with E-state index in [1.54, 1.807) is 0 Å². The molecule has 9 heavy (non-hydrogen) atoms. The van der Waals surface area contributed by atoms with Crippen molar-refractivity contribution in [2.45, 2.75) is 31.0 Å². The van der Waals surface area contributed by atoms with Gasteiger partial charge in [-0.3, -0.25) is 4.79 Å². The zero-order chi connectivity index (χ0) is 7.49. The van der Waals surface area contributed by atoms with Crippen molar-refractivity contribution in [2.24, 2.45) is 0 Å². The number of carbonyl (C=O) groups is 1. The molecule has 0 aromatic heterocycles. The molecule has 0 bridgehead atoms. The van der Waals surface area contributed by atoms with Crippen LogP contribution in [-0.2, 0) is 4.79 Å². The monoisotopic (exact) mass is 256 g/mol. The van der Waals surface area contributed by atoms with Crippen LogP contribution in [0, 0.1) is 0 Å². The first kappa shape index (κ1) is 9.63. The molecular formula is C6H10Br2O. The first-order valence-electron chi connectivity index (χ1n) is 2.79. The van der Waals surface area contributed by atoms with Gasteiger partial charge >= 0.3 is 0 Å². The highest BCUT2D eigenvalue weighted by atomic mass is 79.9. The molecule has 0 aliphatic rings. The van der Waals surface area contributed by atoms with Crippen molar-refractivity contribution in [1.82, 2.24) is 0 Å². The van der Waals surface area contributed by atoms with Crippen LogP contribution in [0.2, 0.25) is 0 Å². The Morgan fingerprint density at radius 3 is 2.11 bits per heavy atom. The van der Waals surface area contributed by atoms with E-state index in [4.69, 9.17) is 0 Å². The van der Waals surface area contributed by atoms with Crippen molar-refractivity contribution in [3.05, 3.63) is 0 Å². The van der Waals surface area contributed by atoms with Gasteiger partial charge in [0.2, 0.25) is 0 Å². The van der Waals surface area contributed by atoms with Crippen LogP contribution in [0.3, 0.4) is 0 Å². The van der Waals surface area contributed by atoms with Crippen molar-refractivity contribution in [3.8, 4) is 0 Å². The summed E-state index contributed by atoms with van der Waals surface area (Å²) in [6.07, 6.45) is 1.47. The zero-order valence-electron chi connectivity index (χ0n) is 5.58. The van der Waals surface area contributed by atoms with Crippen LogP contribution in [0.25, 0.3) is 0 Å². The summed E-state index contributed by atoms with van der Waals surface area (Å²) in [5, 5.41) is 0. The highest BCUT2D eigenvalue weighted by Gasteiger charge is 2.12. The standard InChI is InChI=1S/C6H10Br2O/c1-6(2,8)4-3-5(7)9/h3-4H2,1-2H3. The van der Waals surface area contributed by atoms with Crippen molar-refractivity contribution < 1.29 is 4.79 Å². The first-order valence-corrected chi connectivity index (χ1v) is 4.38. The van der Waals surface area contributed by atoms with E-state index >= 15 is 0 Å². The number of rotatable bonds is 3. The van der Waals surface area contributed by atoms with Crippen LogP contribution < -0.4 is 0 Å². The highest BCUT2D eigenvalue weighted by Crippen LogP contribution is 2.22. The van der Waals surface area contributed by atoms with E-state index in [1.807, 2.05) is 13.8 Å². The summed E-state index contributed by atoms with van der Waals surface area (Å²) >= 11 is 6.30. The molecule has 0 unspecified atom stereocenters. The fourth-order valence-electron chi connectivity index (χ4n) is 0.396. The minimum absolute atomic E-state index is 0.0787. The molecule has 0 saturated carbocycles. The lowest BCUT2D eigenvalue weighted by Gasteiger charge is -2.13. The second kappa shape index (κ2) is 3.71. The smallest absolute Gasteiger partial charge is 0.197 e. The van der Waals surface area contributed by atoms with Crippen molar-refractivity contribution in [1.29, 1.82) is 0 Å². The summed E-state index contributed by atoms with van der Waals surface area (Å²) in [6.45, 7) is 4.09. The van der Waals surface area contributed by atoms with Crippen LogP contribution in [0.15, 0.2) is 0 Å². The molecule has 0 N–H and O–H groups in total. The van der Waals surface area contributed by atoms with E-state index in [2.05, 4.69) is 31.9 Å². The fraction of sp³-hybridized carbons (Fsp3) is 0.833. The maximum atomic E-state index is 10.4. The molecule has 0 radical (unpaired) electrons. The van der Waals surface area contributed by atoms with Gasteiger partial charge in [-0.2, -0.15) is 0 Å². The maximum Gasteiger partial charge on any atom is 0.197 e. The topological polar surface area (TPSA) is 17.1 Å². The van der Waals surface area contributed by atoms with Gasteiger partial charge in [0.1, 0.15) is 0 Å². The van der Waals surface area contributed by atoms with Crippen LogP contribution in [0.1, 0.15) is 26.7 Å². The Balaban J connectivity index is 3.39. The van der Waals surface area contributed by atoms with E-state index < -0.39 is 0 Å². The third-order valence-electron chi connectivity index (χ3n) is 0.916. The van der Waals surface area contributed by atoms with Gasteiger partial charge in [-0.25, -0.2) is 0 Å². The van der Waals surface area contributed by atoms with E-state index in [9.17, 15) is 4.79 Å². The van der Waals surface area contributed by atoms with Gasteiger partial charge in [-0.15, -0.1) is 0 Å². The zero-order valence-corrected chi connectivity index (χ0v) is 8.75. The van der Waals surface area contributed by atoms with Gasteiger partial charge < -0.3 is 0 Å².